The summed E-state index contributed by atoms with van der Waals surface area (Å²) in [5, 5.41) is 3.43. The van der Waals surface area contributed by atoms with Crippen molar-refractivity contribution in [2.75, 3.05) is 32.7 Å². The van der Waals surface area contributed by atoms with Crippen molar-refractivity contribution in [3.8, 4) is 0 Å². The molecule has 1 fully saturated rings. The summed E-state index contributed by atoms with van der Waals surface area (Å²) in [4.78, 5) is 2.56. The fraction of sp³-hybridized carbons (Fsp3) is 0.867. The van der Waals surface area contributed by atoms with Gasteiger partial charge in [0.05, 0.1) is 0 Å². The van der Waals surface area contributed by atoms with Crippen molar-refractivity contribution in [3.63, 3.8) is 0 Å². The van der Waals surface area contributed by atoms with Crippen LogP contribution in [0.1, 0.15) is 40.0 Å². The van der Waals surface area contributed by atoms with Gasteiger partial charge in [0.2, 0.25) is 0 Å². The summed E-state index contributed by atoms with van der Waals surface area (Å²) in [6.45, 7) is 16.8. The molecule has 1 saturated heterocycles. The van der Waals surface area contributed by atoms with Crippen LogP contribution in [0.2, 0.25) is 0 Å². The lowest BCUT2D eigenvalue weighted by Gasteiger charge is -2.34. The monoisotopic (exact) mass is 238 g/mol. The Morgan fingerprint density at radius 1 is 1.35 bits per heavy atom. The molecule has 0 aromatic rings. The summed E-state index contributed by atoms with van der Waals surface area (Å²) in [6.07, 6.45) is 3.94. The minimum absolute atomic E-state index is 0.853. The van der Waals surface area contributed by atoms with Crippen LogP contribution in [0, 0.1) is 11.8 Å². The molecule has 1 rings (SSSR count). The first-order valence-corrected chi connectivity index (χ1v) is 7.23. The second-order valence-electron chi connectivity index (χ2n) is 5.78. The molecule has 0 spiro atoms. The summed E-state index contributed by atoms with van der Waals surface area (Å²) in [5.41, 5.74) is 1.33. The third-order valence-electron chi connectivity index (χ3n) is 3.82. The number of piperidine rings is 1. The van der Waals surface area contributed by atoms with Crippen molar-refractivity contribution in [3.05, 3.63) is 12.2 Å². The predicted octanol–water partition coefficient (Wildman–Crippen LogP) is 2.91. The number of hydrogen-bond donors (Lipinski definition) is 1. The summed E-state index contributed by atoms with van der Waals surface area (Å²) >= 11 is 0. The molecule has 100 valence electrons. The van der Waals surface area contributed by atoms with Crippen LogP contribution in [0.4, 0.5) is 0 Å². The summed E-state index contributed by atoms with van der Waals surface area (Å²) < 4.78 is 0. The molecule has 0 atom stereocenters. The molecule has 17 heavy (non-hydrogen) atoms. The van der Waals surface area contributed by atoms with Crippen LogP contribution in [0.25, 0.3) is 0 Å². The quantitative estimate of drug-likeness (QED) is 0.542. The Morgan fingerprint density at radius 2 is 2.00 bits per heavy atom. The number of nitrogens with zero attached hydrogens (tertiary/aromatic N) is 1. The minimum atomic E-state index is 0.853. The summed E-state index contributed by atoms with van der Waals surface area (Å²) in [5.74, 6) is 1.80. The van der Waals surface area contributed by atoms with Crippen LogP contribution >= 0.6 is 0 Å². The molecule has 2 heteroatoms. The van der Waals surface area contributed by atoms with E-state index in [0.29, 0.717) is 0 Å². The second kappa shape index (κ2) is 7.88. The van der Waals surface area contributed by atoms with Gasteiger partial charge >= 0.3 is 0 Å². The van der Waals surface area contributed by atoms with Crippen LogP contribution in [0.3, 0.4) is 0 Å². The highest BCUT2D eigenvalue weighted by Gasteiger charge is 2.21. The van der Waals surface area contributed by atoms with Crippen molar-refractivity contribution < 1.29 is 0 Å². The summed E-state index contributed by atoms with van der Waals surface area (Å²) in [7, 11) is 0. The van der Waals surface area contributed by atoms with Gasteiger partial charge in [0.25, 0.3) is 0 Å². The molecular formula is C15H30N2. The molecule has 0 radical (unpaired) electrons. The van der Waals surface area contributed by atoms with Gasteiger partial charge in [-0.15, -0.1) is 0 Å². The smallest absolute Gasteiger partial charge is 0.0202 e. The Kier molecular flexibility index (Phi) is 6.83. The van der Waals surface area contributed by atoms with Gasteiger partial charge in [0.1, 0.15) is 0 Å². The van der Waals surface area contributed by atoms with E-state index in [-0.39, 0.29) is 0 Å². The van der Waals surface area contributed by atoms with E-state index in [2.05, 4.69) is 37.6 Å². The molecule has 0 saturated carbocycles. The van der Waals surface area contributed by atoms with E-state index in [1.54, 1.807) is 0 Å². The van der Waals surface area contributed by atoms with Gasteiger partial charge in [0, 0.05) is 13.1 Å². The molecule has 1 aliphatic heterocycles. The number of likely N-dealkylation sites (tertiary alicyclic amines) is 1. The van der Waals surface area contributed by atoms with Gasteiger partial charge < -0.3 is 5.32 Å². The molecule has 0 unspecified atom stereocenters. The molecule has 1 aliphatic rings. The van der Waals surface area contributed by atoms with Gasteiger partial charge in [-0.25, -0.2) is 0 Å². The molecule has 0 amide bonds. The highest BCUT2D eigenvalue weighted by Crippen LogP contribution is 2.24. The van der Waals surface area contributed by atoms with Gasteiger partial charge in [-0.05, 0) is 56.3 Å². The third kappa shape index (κ3) is 5.69. The first kappa shape index (κ1) is 14.7. The Labute approximate surface area is 107 Å². The van der Waals surface area contributed by atoms with Crippen LogP contribution in [-0.4, -0.2) is 37.6 Å². The minimum Gasteiger partial charge on any atom is -0.313 e. The number of rotatable bonds is 7. The molecule has 0 aromatic carbocycles. The van der Waals surface area contributed by atoms with E-state index >= 15 is 0 Å². The molecule has 0 aliphatic carbocycles. The molecule has 0 bridgehead atoms. The lowest BCUT2D eigenvalue weighted by atomic mass is 9.86. The molecule has 0 aromatic heterocycles. The lowest BCUT2D eigenvalue weighted by molar-refractivity contribution is 0.167. The summed E-state index contributed by atoms with van der Waals surface area (Å²) in [6, 6.07) is 0. The molecule has 1 heterocycles. The maximum atomic E-state index is 4.17. The lowest BCUT2D eigenvalue weighted by Crippen LogP contribution is -2.37. The largest absolute Gasteiger partial charge is 0.313 e. The third-order valence-corrected chi connectivity index (χ3v) is 3.82. The van der Waals surface area contributed by atoms with E-state index in [9.17, 15) is 0 Å². The van der Waals surface area contributed by atoms with Gasteiger partial charge in [-0.3, -0.25) is 4.90 Å². The van der Waals surface area contributed by atoms with Gasteiger partial charge in [-0.2, -0.15) is 0 Å². The fourth-order valence-corrected chi connectivity index (χ4v) is 2.59. The van der Waals surface area contributed by atoms with Gasteiger partial charge in [0.15, 0.2) is 0 Å². The highest BCUT2D eigenvalue weighted by atomic mass is 15.1. The van der Waals surface area contributed by atoms with Crippen LogP contribution in [0.5, 0.6) is 0 Å². The first-order chi connectivity index (χ1) is 8.13. The Hall–Kier alpha value is -0.340. The number of hydrogen-bond acceptors (Lipinski definition) is 2. The van der Waals surface area contributed by atoms with Crippen molar-refractivity contribution in [1.29, 1.82) is 0 Å². The first-order valence-electron chi connectivity index (χ1n) is 7.23. The van der Waals surface area contributed by atoms with Crippen molar-refractivity contribution in [2.24, 2.45) is 11.8 Å². The standard InChI is InChI=1S/C15H30N2/c1-5-8-16-11-14(4)12-17-9-6-15(7-10-17)13(2)3/h13,15-16H,4-12H2,1-3H3. The molecule has 2 nitrogen and oxygen atoms in total. The Morgan fingerprint density at radius 3 is 2.53 bits per heavy atom. The van der Waals surface area contributed by atoms with Crippen molar-refractivity contribution in [1.82, 2.24) is 10.2 Å². The van der Waals surface area contributed by atoms with E-state index in [0.717, 1.165) is 31.5 Å². The zero-order valence-electron chi connectivity index (χ0n) is 12.0. The maximum Gasteiger partial charge on any atom is 0.0202 e. The molecule has 1 N–H and O–H groups in total. The van der Waals surface area contributed by atoms with Crippen LogP contribution < -0.4 is 5.32 Å². The van der Waals surface area contributed by atoms with E-state index in [4.69, 9.17) is 0 Å². The highest BCUT2D eigenvalue weighted by molar-refractivity contribution is 5.00. The number of nitrogens with one attached hydrogen (secondary N) is 1. The zero-order chi connectivity index (χ0) is 12.7. The average Bonchev–Trinajstić information content (AvgIpc) is 2.30. The predicted molar refractivity (Wildman–Crippen MR) is 76.3 cm³/mol. The molecular weight excluding hydrogens is 208 g/mol. The second-order valence-corrected chi connectivity index (χ2v) is 5.78. The van der Waals surface area contributed by atoms with E-state index in [1.807, 2.05) is 0 Å². The van der Waals surface area contributed by atoms with Crippen molar-refractivity contribution >= 4 is 0 Å². The zero-order valence-corrected chi connectivity index (χ0v) is 12.0. The Balaban J connectivity index is 2.15. The maximum absolute atomic E-state index is 4.17. The van der Waals surface area contributed by atoms with Crippen LogP contribution in [-0.2, 0) is 0 Å². The van der Waals surface area contributed by atoms with E-state index in [1.165, 1.54) is 37.9 Å². The van der Waals surface area contributed by atoms with Crippen molar-refractivity contribution in [2.45, 2.75) is 40.0 Å². The normalized spacial score (nSPS) is 18.8. The van der Waals surface area contributed by atoms with Gasteiger partial charge in [-0.1, -0.05) is 27.4 Å². The average molecular weight is 238 g/mol. The topological polar surface area (TPSA) is 15.3 Å². The Bertz CT molecular complexity index is 215. The fourth-order valence-electron chi connectivity index (χ4n) is 2.59. The van der Waals surface area contributed by atoms with E-state index < -0.39 is 0 Å². The van der Waals surface area contributed by atoms with Crippen LogP contribution in [0.15, 0.2) is 12.2 Å². The SMILES string of the molecule is C=C(CNCCC)CN1CCC(C(C)C)CC1.